The van der Waals surface area contributed by atoms with Gasteiger partial charge in [-0.1, -0.05) is 0 Å². The summed E-state index contributed by atoms with van der Waals surface area (Å²) in [4.78, 5) is 24.5. The molecule has 2 N–H and O–H groups in total. The lowest BCUT2D eigenvalue weighted by Crippen LogP contribution is -2.16. The van der Waals surface area contributed by atoms with Crippen LogP contribution in [0.4, 0.5) is 0 Å². The number of aromatic nitrogens is 1. The lowest BCUT2D eigenvalue weighted by molar-refractivity contribution is -0.120. The van der Waals surface area contributed by atoms with Gasteiger partial charge in [0.2, 0.25) is 0 Å². The molecule has 7 nitrogen and oxygen atoms in total. The summed E-state index contributed by atoms with van der Waals surface area (Å²) in [6, 6.07) is 3.66. The summed E-state index contributed by atoms with van der Waals surface area (Å²) in [7, 11) is 0. The van der Waals surface area contributed by atoms with E-state index in [1.165, 1.54) is 11.1 Å². The van der Waals surface area contributed by atoms with Gasteiger partial charge in [-0.3, -0.25) is 4.79 Å². The molecule has 3 rings (SSSR count). The molecular formula is C19H20N4O3S. The van der Waals surface area contributed by atoms with Gasteiger partial charge in [0, 0.05) is 21.8 Å². The van der Waals surface area contributed by atoms with E-state index < -0.39 is 11.9 Å². The molecule has 2 heterocycles. The van der Waals surface area contributed by atoms with Gasteiger partial charge >= 0.3 is 5.97 Å². The number of aryl methyl sites for hydroxylation is 2. The zero-order valence-electron chi connectivity index (χ0n) is 15.2. The molecule has 140 valence electrons. The Morgan fingerprint density at radius 3 is 2.85 bits per heavy atom. The van der Waals surface area contributed by atoms with Gasteiger partial charge in [-0.25, -0.2) is 10.2 Å². The van der Waals surface area contributed by atoms with E-state index in [9.17, 15) is 14.7 Å². The first-order chi connectivity index (χ1) is 12.9. The Hall–Kier alpha value is -2.92. The number of hydrazone groups is 1. The van der Waals surface area contributed by atoms with E-state index in [2.05, 4.69) is 10.5 Å². The predicted octanol–water partition coefficient (Wildman–Crippen LogP) is 3.10. The number of carboxylic acid groups (broad SMARTS) is 1. The molecule has 2 aromatic heterocycles. The molecule has 0 bridgehead atoms. The van der Waals surface area contributed by atoms with E-state index in [0.717, 1.165) is 53.2 Å². The summed E-state index contributed by atoms with van der Waals surface area (Å²) < 4.78 is 1.95. The van der Waals surface area contributed by atoms with Crippen molar-refractivity contribution >= 4 is 29.4 Å². The van der Waals surface area contributed by atoms with E-state index in [4.69, 9.17) is 5.26 Å². The Kier molecular flexibility index (Phi) is 5.42. The zero-order valence-corrected chi connectivity index (χ0v) is 16.0. The minimum atomic E-state index is -0.893. The summed E-state index contributed by atoms with van der Waals surface area (Å²) in [5.74, 6) is -1.36. The van der Waals surface area contributed by atoms with Gasteiger partial charge in [0.05, 0.1) is 17.8 Å². The summed E-state index contributed by atoms with van der Waals surface area (Å²) in [5.41, 5.74) is 6.22. The third kappa shape index (κ3) is 3.64. The third-order valence-corrected chi connectivity index (χ3v) is 5.95. The zero-order chi connectivity index (χ0) is 19.6. The minimum absolute atomic E-state index is 0.251. The molecule has 0 fully saturated rings. The van der Waals surface area contributed by atoms with E-state index in [1.54, 1.807) is 17.4 Å². The van der Waals surface area contributed by atoms with Gasteiger partial charge in [0.25, 0.3) is 5.91 Å². The van der Waals surface area contributed by atoms with Gasteiger partial charge in [-0.15, -0.1) is 11.3 Å². The number of carbonyl (C=O) groups is 2. The minimum Gasteiger partial charge on any atom is -0.478 e. The van der Waals surface area contributed by atoms with Crippen LogP contribution >= 0.6 is 11.3 Å². The highest BCUT2D eigenvalue weighted by atomic mass is 32.1. The number of hydrogen-bond acceptors (Lipinski definition) is 5. The maximum Gasteiger partial charge on any atom is 0.339 e. The maximum atomic E-state index is 12.0. The average Bonchev–Trinajstić information content (AvgIpc) is 3.12. The molecule has 0 radical (unpaired) electrons. The monoisotopic (exact) mass is 384 g/mol. The first-order valence-corrected chi connectivity index (χ1v) is 9.51. The van der Waals surface area contributed by atoms with Crippen LogP contribution < -0.4 is 5.43 Å². The number of carboxylic acids is 1. The van der Waals surface area contributed by atoms with Crippen LogP contribution in [0.5, 0.6) is 0 Å². The molecule has 0 aromatic carbocycles. The second-order valence-electron chi connectivity index (χ2n) is 6.49. The Labute approximate surface area is 160 Å². The number of thiophene rings is 1. The molecule has 0 unspecified atom stereocenters. The van der Waals surface area contributed by atoms with E-state index >= 15 is 0 Å². The van der Waals surface area contributed by atoms with Crippen molar-refractivity contribution in [2.75, 3.05) is 0 Å². The fourth-order valence-electron chi connectivity index (χ4n) is 3.45. The van der Waals surface area contributed by atoms with Crippen molar-refractivity contribution in [2.24, 2.45) is 5.10 Å². The summed E-state index contributed by atoms with van der Waals surface area (Å²) in [5, 5.41) is 22.9. The molecule has 8 heteroatoms. The van der Waals surface area contributed by atoms with Crippen molar-refractivity contribution in [3.8, 4) is 11.1 Å². The quantitative estimate of drug-likeness (QED) is 0.610. The Balaban J connectivity index is 1.99. The van der Waals surface area contributed by atoms with E-state index in [-0.39, 0.29) is 6.42 Å². The number of nitriles is 1. The topological polar surface area (TPSA) is 107 Å². The normalized spacial score (nSPS) is 13.4. The highest BCUT2D eigenvalue weighted by Crippen LogP contribution is 2.38. The smallest absolute Gasteiger partial charge is 0.339 e. The van der Waals surface area contributed by atoms with Crippen molar-refractivity contribution in [3.63, 3.8) is 0 Å². The third-order valence-electron chi connectivity index (χ3n) is 4.67. The van der Waals surface area contributed by atoms with Crippen LogP contribution in [0.2, 0.25) is 0 Å². The van der Waals surface area contributed by atoms with Crippen molar-refractivity contribution in [1.82, 2.24) is 9.99 Å². The Bertz CT molecular complexity index is 978. The second-order valence-corrected chi connectivity index (χ2v) is 7.57. The molecule has 2 aromatic rings. The molecule has 0 spiro atoms. The van der Waals surface area contributed by atoms with Crippen molar-refractivity contribution in [2.45, 2.75) is 46.0 Å². The van der Waals surface area contributed by atoms with E-state index in [0.29, 0.717) is 5.56 Å². The highest BCUT2D eigenvalue weighted by Gasteiger charge is 2.27. The molecule has 27 heavy (non-hydrogen) atoms. The number of fused-ring (bicyclic) bond motifs is 1. The molecule has 0 aliphatic heterocycles. The first-order valence-electron chi connectivity index (χ1n) is 8.70. The summed E-state index contributed by atoms with van der Waals surface area (Å²) in [6.45, 7) is 3.82. The molecular weight excluding hydrogens is 364 g/mol. The van der Waals surface area contributed by atoms with Crippen molar-refractivity contribution in [3.05, 3.63) is 39.0 Å². The van der Waals surface area contributed by atoms with E-state index in [1.807, 2.05) is 24.5 Å². The predicted molar refractivity (Wildman–Crippen MR) is 103 cm³/mol. The summed E-state index contributed by atoms with van der Waals surface area (Å²) in [6.07, 6.45) is 5.12. The second kappa shape index (κ2) is 7.76. The van der Waals surface area contributed by atoms with Crippen LogP contribution in [0.25, 0.3) is 5.00 Å². The van der Waals surface area contributed by atoms with Crippen LogP contribution in [-0.4, -0.2) is 27.8 Å². The van der Waals surface area contributed by atoms with Gasteiger partial charge in [-0.2, -0.15) is 10.4 Å². The fourth-order valence-corrected chi connectivity index (χ4v) is 4.94. The lowest BCUT2D eigenvalue weighted by Gasteiger charge is -2.11. The molecule has 0 atom stereocenters. The molecule has 0 saturated heterocycles. The SMILES string of the molecule is Cc1cc(/C=N\NC(=O)CC#N)c(C)n1-c1sc2c(c1C(=O)O)CCCC2. The average molecular weight is 384 g/mol. The Morgan fingerprint density at radius 2 is 2.15 bits per heavy atom. The van der Waals surface area contributed by atoms with Crippen molar-refractivity contribution < 1.29 is 14.7 Å². The van der Waals surface area contributed by atoms with Gasteiger partial charge < -0.3 is 9.67 Å². The number of hydrogen-bond donors (Lipinski definition) is 2. The number of rotatable bonds is 5. The number of aromatic carboxylic acids is 1. The van der Waals surface area contributed by atoms with Crippen LogP contribution in [0.1, 0.15) is 57.0 Å². The largest absolute Gasteiger partial charge is 0.478 e. The molecule has 1 aliphatic carbocycles. The fraction of sp³-hybridized carbons (Fsp3) is 0.368. The van der Waals surface area contributed by atoms with Gasteiger partial charge in [-0.05, 0) is 51.2 Å². The lowest BCUT2D eigenvalue weighted by atomic mass is 9.95. The number of nitrogens with zero attached hydrogens (tertiary/aromatic N) is 3. The number of nitrogens with one attached hydrogen (secondary N) is 1. The van der Waals surface area contributed by atoms with Gasteiger partial charge in [0.15, 0.2) is 0 Å². The van der Waals surface area contributed by atoms with Crippen molar-refractivity contribution in [1.29, 1.82) is 5.26 Å². The van der Waals surface area contributed by atoms with Gasteiger partial charge in [0.1, 0.15) is 11.4 Å². The van der Waals surface area contributed by atoms with Crippen LogP contribution in [0.15, 0.2) is 11.2 Å². The Morgan fingerprint density at radius 1 is 1.41 bits per heavy atom. The maximum absolute atomic E-state index is 12.0. The standard InChI is InChI=1S/C19H20N4O3S/c1-11-9-13(10-21-22-16(24)7-8-20)12(2)23(11)18-17(19(25)26)14-5-3-4-6-15(14)27-18/h9-10H,3-7H2,1-2H3,(H,22,24)(H,25,26)/b21-10-. The molecule has 1 aliphatic rings. The molecule has 1 amide bonds. The summed E-state index contributed by atoms with van der Waals surface area (Å²) >= 11 is 1.55. The van der Waals surface area contributed by atoms with Crippen LogP contribution in [0.3, 0.4) is 0 Å². The van der Waals surface area contributed by atoms with Crippen LogP contribution in [0, 0.1) is 25.2 Å². The number of carbonyl (C=O) groups excluding carboxylic acids is 1. The van der Waals surface area contributed by atoms with Crippen LogP contribution in [-0.2, 0) is 17.6 Å². The first kappa shape index (κ1) is 18.9. The number of amides is 1. The highest BCUT2D eigenvalue weighted by molar-refractivity contribution is 7.15. The molecule has 0 saturated carbocycles.